The Morgan fingerprint density at radius 1 is 0.865 bits per heavy atom. The van der Waals surface area contributed by atoms with E-state index >= 15 is 8.42 Å². The Bertz CT molecular complexity index is 2070. The van der Waals surface area contributed by atoms with Crippen molar-refractivity contribution in [2.24, 2.45) is 0 Å². The van der Waals surface area contributed by atoms with Crippen LogP contribution >= 0.6 is 34.4 Å². The summed E-state index contributed by atoms with van der Waals surface area (Å²) in [6, 6.07) is 25.7. The first-order valence-electron chi connectivity index (χ1n) is 16.2. The number of likely N-dealkylation sites (tertiary alicyclic amines) is 1. The standard InChI is InChI=1S/C36H37IN6O7S2/c1-48-27-10-4-24(5-11-27)20-42(21-25-6-12-28(49-2)13-7-25)52(46,47)34-32(51-30-18-19-41(23-30)36(44)45)17-16-31(37)33(34)35-38-40-43(39-35)22-26-8-14-29(50-3)15-9-26/h4-17,30H,18-23H2,1-3H3,(H,44,45). The molecule has 1 saturated heterocycles. The van der Waals surface area contributed by atoms with Gasteiger partial charge in [0.05, 0.1) is 33.4 Å². The van der Waals surface area contributed by atoms with Crippen molar-refractivity contribution in [2.75, 3.05) is 34.4 Å². The SMILES string of the molecule is COc1ccc(CN(Cc2ccc(OC)cc2)S(=O)(=O)c2c(SC3CCN(C(=O)O)C3)ccc(I)c2-c2nnn(Cc3ccc(OC)cc3)n2)cc1. The average Bonchev–Trinajstić information content (AvgIpc) is 3.83. The lowest BCUT2D eigenvalue weighted by molar-refractivity contribution is 0.156. The first-order valence-corrected chi connectivity index (χ1v) is 19.6. The van der Waals surface area contributed by atoms with Gasteiger partial charge in [-0.15, -0.1) is 22.0 Å². The van der Waals surface area contributed by atoms with Crippen molar-refractivity contribution in [1.82, 2.24) is 29.4 Å². The molecule has 272 valence electrons. The second-order valence-electron chi connectivity index (χ2n) is 12.0. The van der Waals surface area contributed by atoms with Crippen LogP contribution in [0.2, 0.25) is 0 Å². The molecule has 6 rings (SSSR count). The molecule has 1 fully saturated rings. The fourth-order valence-corrected chi connectivity index (χ4v) is 10.0. The summed E-state index contributed by atoms with van der Waals surface area (Å²) >= 11 is 3.47. The van der Waals surface area contributed by atoms with Gasteiger partial charge in [-0.3, -0.25) is 0 Å². The van der Waals surface area contributed by atoms with Gasteiger partial charge in [0.25, 0.3) is 0 Å². The summed E-state index contributed by atoms with van der Waals surface area (Å²) in [4.78, 5) is 15.1. The van der Waals surface area contributed by atoms with Gasteiger partial charge in [-0.2, -0.15) is 9.10 Å². The number of nitrogens with zero attached hydrogens (tertiary/aromatic N) is 6. The highest BCUT2D eigenvalue weighted by Crippen LogP contribution is 2.42. The maximum atomic E-state index is 15.3. The third kappa shape index (κ3) is 8.62. The lowest BCUT2D eigenvalue weighted by Crippen LogP contribution is -2.31. The Balaban J connectivity index is 1.45. The van der Waals surface area contributed by atoms with E-state index in [2.05, 4.69) is 38.0 Å². The summed E-state index contributed by atoms with van der Waals surface area (Å²) in [5.74, 6) is 2.19. The predicted octanol–water partition coefficient (Wildman–Crippen LogP) is 6.25. The Labute approximate surface area is 320 Å². The van der Waals surface area contributed by atoms with Crippen molar-refractivity contribution in [3.8, 4) is 28.6 Å². The fraction of sp³-hybridized carbons (Fsp3) is 0.278. The van der Waals surface area contributed by atoms with Crippen LogP contribution in [-0.4, -0.2) is 88.7 Å². The number of tetrazole rings is 1. The third-order valence-corrected chi connectivity index (χ3v) is 12.8. The van der Waals surface area contributed by atoms with Crippen molar-refractivity contribution in [3.63, 3.8) is 0 Å². The summed E-state index contributed by atoms with van der Waals surface area (Å²) in [6.07, 6.45) is -0.419. The van der Waals surface area contributed by atoms with Crippen molar-refractivity contribution in [2.45, 2.75) is 41.1 Å². The summed E-state index contributed by atoms with van der Waals surface area (Å²) < 4.78 is 48.7. The van der Waals surface area contributed by atoms with Crippen LogP contribution in [0.15, 0.2) is 94.7 Å². The van der Waals surface area contributed by atoms with E-state index in [0.29, 0.717) is 45.0 Å². The highest BCUT2D eigenvalue weighted by molar-refractivity contribution is 14.1. The molecule has 1 aromatic heterocycles. The molecule has 1 aliphatic rings. The number of amides is 1. The van der Waals surface area contributed by atoms with Gasteiger partial charge < -0.3 is 24.2 Å². The molecule has 5 aromatic rings. The average molecular weight is 857 g/mol. The first kappa shape index (κ1) is 37.4. The molecule has 16 heteroatoms. The molecule has 0 saturated carbocycles. The van der Waals surface area contributed by atoms with Gasteiger partial charge in [-0.1, -0.05) is 36.4 Å². The van der Waals surface area contributed by atoms with Crippen molar-refractivity contribution >= 4 is 50.5 Å². The number of halogens is 1. The van der Waals surface area contributed by atoms with Crippen LogP contribution in [0, 0.1) is 3.57 Å². The van der Waals surface area contributed by atoms with Gasteiger partial charge in [-0.25, -0.2) is 13.2 Å². The summed E-state index contributed by atoms with van der Waals surface area (Å²) in [5, 5.41) is 22.8. The van der Waals surface area contributed by atoms with Crippen LogP contribution in [0.5, 0.6) is 17.2 Å². The van der Waals surface area contributed by atoms with Crippen molar-refractivity contribution in [3.05, 3.63) is 105 Å². The molecule has 1 atom stereocenters. The Morgan fingerprint density at radius 3 is 1.90 bits per heavy atom. The second-order valence-corrected chi connectivity index (χ2v) is 16.3. The molecular weight excluding hydrogens is 819 g/mol. The Hall–Kier alpha value is -4.39. The minimum atomic E-state index is -4.31. The minimum Gasteiger partial charge on any atom is -0.497 e. The van der Waals surface area contributed by atoms with Gasteiger partial charge in [0.2, 0.25) is 15.8 Å². The Morgan fingerprint density at radius 2 is 1.40 bits per heavy atom. The van der Waals surface area contributed by atoms with E-state index in [9.17, 15) is 9.90 Å². The van der Waals surface area contributed by atoms with Crippen LogP contribution < -0.4 is 14.2 Å². The molecule has 0 bridgehead atoms. The molecular formula is C36H37IN6O7S2. The van der Waals surface area contributed by atoms with Crippen molar-refractivity contribution in [1.29, 1.82) is 0 Å². The highest BCUT2D eigenvalue weighted by Gasteiger charge is 2.36. The molecule has 13 nitrogen and oxygen atoms in total. The molecule has 4 aromatic carbocycles. The number of sulfonamides is 1. The molecule has 1 unspecified atom stereocenters. The molecule has 0 radical (unpaired) electrons. The van der Waals surface area contributed by atoms with Crippen LogP contribution in [0.1, 0.15) is 23.1 Å². The van der Waals surface area contributed by atoms with Gasteiger partial charge in [0.1, 0.15) is 22.1 Å². The van der Waals surface area contributed by atoms with Gasteiger partial charge >= 0.3 is 6.09 Å². The fourth-order valence-electron chi connectivity index (χ4n) is 5.80. The normalized spacial score (nSPS) is 14.5. The van der Waals surface area contributed by atoms with Gasteiger partial charge in [0, 0.05) is 39.9 Å². The number of hydrogen-bond donors (Lipinski definition) is 1. The maximum Gasteiger partial charge on any atom is 0.407 e. The van der Waals surface area contributed by atoms with Gasteiger partial charge in [0.15, 0.2) is 0 Å². The van der Waals surface area contributed by atoms with E-state index in [-0.39, 0.29) is 35.6 Å². The molecule has 1 N–H and O–H groups in total. The van der Waals surface area contributed by atoms with E-state index in [1.165, 1.54) is 25.8 Å². The maximum absolute atomic E-state index is 15.3. The molecule has 2 heterocycles. The lowest BCUT2D eigenvalue weighted by atomic mass is 10.2. The molecule has 52 heavy (non-hydrogen) atoms. The van der Waals surface area contributed by atoms with Crippen molar-refractivity contribution < 1.29 is 32.5 Å². The van der Waals surface area contributed by atoms with E-state index in [1.807, 2.05) is 54.6 Å². The number of hydrogen-bond acceptors (Lipinski definition) is 10. The predicted molar refractivity (Wildman–Crippen MR) is 204 cm³/mol. The number of thioether (sulfide) groups is 1. The zero-order chi connectivity index (χ0) is 36.8. The third-order valence-electron chi connectivity index (χ3n) is 8.57. The number of ether oxygens (including phenoxy) is 3. The largest absolute Gasteiger partial charge is 0.497 e. The molecule has 0 aliphatic carbocycles. The quantitative estimate of drug-likeness (QED) is 0.126. The molecule has 1 aliphatic heterocycles. The number of rotatable bonds is 14. The number of carbonyl (C=O) groups is 1. The van der Waals surface area contributed by atoms with Gasteiger partial charge in [-0.05, 0) is 99.4 Å². The van der Waals surface area contributed by atoms with Crippen LogP contribution in [0.3, 0.4) is 0 Å². The summed E-state index contributed by atoms with van der Waals surface area (Å²) in [6.45, 7) is 1.06. The summed E-state index contributed by atoms with van der Waals surface area (Å²) in [5.41, 5.74) is 2.76. The monoisotopic (exact) mass is 856 g/mol. The molecule has 0 spiro atoms. The highest BCUT2D eigenvalue weighted by atomic mass is 127. The van der Waals surface area contributed by atoms with Crippen LogP contribution in [0.4, 0.5) is 4.79 Å². The van der Waals surface area contributed by atoms with E-state index < -0.39 is 16.1 Å². The number of benzene rings is 4. The first-order chi connectivity index (χ1) is 25.1. The zero-order valence-electron chi connectivity index (χ0n) is 28.7. The lowest BCUT2D eigenvalue weighted by Gasteiger charge is -2.26. The van der Waals surface area contributed by atoms with E-state index in [0.717, 1.165) is 22.4 Å². The Kier molecular flexibility index (Phi) is 11.9. The van der Waals surface area contributed by atoms with Crippen LogP contribution in [-0.2, 0) is 29.7 Å². The van der Waals surface area contributed by atoms with Crippen LogP contribution in [0.25, 0.3) is 11.4 Å². The number of carboxylic acid groups (broad SMARTS) is 1. The smallest absolute Gasteiger partial charge is 0.407 e. The van der Waals surface area contributed by atoms with E-state index in [4.69, 9.17) is 14.2 Å². The number of methoxy groups -OCH3 is 3. The summed E-state index contributed by atoms with van der Waals surface area (Å²) in [7, 11) is 0.451. The number of aromatic nitrogens is 4. The topological polar surface area (TPSA) is 149 Å². The zero-order valence-corrected chi connectivity index (χ0v) is 32.5. The second kappa shape index (κ2) is 16.5. The molecule has 1 amide bonds. The van der Waals surface area contributed by atoms with E-state index in [1.54, 1.807) is 51.7 Å². The minimum absolute atomic E-state index is 0.0456.